The third kappa shape index (κ3) is 6.22. The number of ether oxygens (including phenoxy) is 1. The van der Waals surface area contributed by atoms with Gasteiger partial charge in [0.2, 0.25) is 5.13 Å². The quantitative estimate of drug-likeness (QED) is 0.319. The van der Waals surface area contributed by atoms with Gasteiger partial charge in [-0.15, -0.1) is 10.2 Å². The highest BCUT2D eigenvalue weighted by Gasteiger charge is 2.06. The fourth-order valence-electron chi connectivity index (χ4n) is 2.07. The van der Waals surface area contributed by atoms with Gasteiger partial charge in [-0.25, -0.2) is 5.43 Å². The van der Waals surface area contributed by atoms with Crippen molar-refractivity contribution in [2.75, 3.05) is 11.5 Å². The lowest BCUT2D eigenvalue weighted by Gasteiger charge is -2.09. The monoisotopic (exact) mass is 433 g/mol. The number of nitrogens with two attached hydrogens (primary N) is 1. The van der Waals surface area contributed by atoms with Crippen LogP contribution in [0.5, 0.6) is 5.75 Å². The Morgan fingerprint density at radius 1 is 1.25 bits per heavy atom. The van der Waals surface area contributed by atoms with E-state index in [1.807, 2.05) is 48.5 Å². The molecule has 1 aromatic heterocycles. The first-order valence-corrected chi connectivity index (χ1v) is 10.3. The Labute approximate surface area is 175 Å². The number of rotatable bonds is 8. The van der Waals surface area contributed by atoms with Crippen LogP contribution >= 0.6 is 34.7 Å². The first kappa shape index (κ1) is 20.1. The van der Waals surface area contributed by atoms with E-state index < -0.39 is 0 Å². The van der Waals surface area contributed by atoms with Gasteiger partial charge >= 0.3 is 0 Å². The predicted octanol–water partition coefficient (Wildman–Crippen LogP) is 3.60. The van der Waals surface area contributed by atoms with Crippen molar-refractivity contribution in [1.82, 2.24) is 15.6 Å². The van der Waals surface area contributed by atoms with Gasteiger partial charge in [0, 0.05) is 10.6 Å². The van der Waals surface area contributed by atoms with Gasteiger partial charge in [-0.3, -0.25) is 4.79 Å². The van der Waals surface area contributed by atoms with E-state index in [1.54, 1.807) is 6.21 Å². The number of benzene rings is 2. The van der Waals surface area contributed by atoms with Gasteiger partial charge in [0.25, 0.3) is 5.91 Å². The summed E-state index contributed by atoms with van der Waals surface area (Å²) >= 11 is 8.37. The van der Waals surface area contributed by atoms with Gasteiger partial charge in [-0.05, 0) is 29.8 Å². The number of nitrogens with one attached hydrogen (secondary N) is 1. The summed E-state index contributed by atoms with van der Waals surface area (Å²) in [7, 11) is 0. The van der Waals surface area contributed by atoms with E-state index in [9.17, 15) is 4.79 Å². The first-order chi connectivity index (χ1) is 13.6. The number of thioether (sulfide) groups is 1. The van der Waals surface area contributed by atoms with Crippen LogP contribution in [0.1, 0.15) is 11.1 Å². The third-order valence-electron chi connectivity index (χ3n) is 3.37. The van der Waals surface area contributed by atoms with Crippen LogP contribution in [0.25, 0.3) is 0 Å². The molecule has 28 heavy (non-hydrogen) atoms. The van der Waals surface area contributed by atoms with Crippen molar-refractivity contribution in [1.29, 1.82) is 0 Å². The van der Waals surface area contributed by atoms with Crippen LogP contribution in [-0.4, -0.2) is 28.1 Å². The second-order valence-electron chi connectivity index (χ2n) is 5.44. The molecule has 7 nitrogen and oxygen atoms in total. The summed E-state index contributed by atoms with van der Waals surface area (Å²) in [6.07, 6.45) is 1.54. The Bertz CT molecular complexity index is 963. The number of carbonyl (C=O) groups excluding carboxylic acids is 1. The number of aromatic nitrogens is 2. The second kappa shape index (κ2) is 10.1. The maximum Gasteiger partial charge on any atom is 0.250 e. The molecular formula is C18H16ClN5O2S2. The number of hydrogen-bond acceptors (Lipinski definition) is 8. The van der Waals surface area contributed by atoms with Crippen LogP contribution in [0, 0.1) is 0 Å². The van der Waals surface area contributed by atoms with Gasteiger partial charge in [0.05, 0.1) is 12.0 Å². The number of carbonyl (C=O) groups is 1. The fourth-order valence-corrected chi connectivity index (χ4v) is 3.63. The standard InChI is InChI=1S/C18H16ClN5O2S2/c19-14-7-5-12(6-8-14)10-26-15-4-2-1-3-13(15)9-21-22-16(25)11-27-18-24-23-17(20)28-18/h1-9H,10-11H2,(H2,20,23)(H,22,25). The number of nitrogen functional groups attached to an aromatic ring is 1. The van der Waals surface area contributed by atoms with E-state index in [0.717, 1.165) is 11.1 Å². The van der Waals surface area contributed by atoms with Crippen LogP contribution in [0.2, 0.25) is 5.02 Å². The molecule has 3 rings (SSSR count). The van der Waals surface area contributed by atoms with Crippen LogP contribution in [0.3, 0.4) is 0 Å². The van der Waals surface area contributed by atoms with Gasteiger partial charge < -0.3 is 10.5 Å². The zero-order valence-corrected chi connectivity index (χ0v) is 16.9. The van der Waals surface area contributed by atoms with Gasteiger partial charge in [0.1, 0.15) is 12.4 Å². The summed E-state index contributed by atoms with van der Waals surface area (Å²) in [5.74, 6) is 0.574. The molecule has 0 atom stereocenters. The Morgan fingerprint density at radius 3 is 2.79 bits per heavy atom. The Balaban J connectivity index is 1.51. The molecule has 10 heteroatoms. The van der Waals surface area contributed by atoms with Crippen molar-refractivity contribution in [2.45, 2.75) is 10.9 Å². The molecule has 1 heterocycles. The van der Waals surface area contributed by atoms with Crippen molar-refractivity contribution >= 4 is 52.0 Å². The lowest BCUT2D eigenvalue weighted by atomic mass is 10.2. The molecule has 0 aliphatic carbocycles. The van der Waals surface area contributed by atoms with Crippen LogP contribution in [-0.2, 0) is 11.4 Å². The number of amides is 1. The average Bonchev–Trinajstić information content (AvgIpc) is 3.12. The Kier molecular flexibility index (Phi) is 7.24. The minimum atomic E-state index is -0.255. The molecule has 0 fully saturated rings. The molecule has 0 saturated heterocycles. The van der Waals surface area contributed by atoms with E-state index in [-0.39, 0.29) is 11.7 Å². The average molecular weight is 434 g/mol. The van der Waals surface area contributed by atoms with Crippen molar-refractivity contribution in [2.24, 2.45) is 5.10 Å². The third-order valence-corrected chi connectivity index (χ3v) is 5.51. The number of para-hydroxylation sites is 1. The Hall–Kier alpha value is -2.62. The SMILES string of the molecule is Nc1nnc(SCC(=O)NN=Cc2ccccc2OCc2ccc(Cl)cc2)s1. The van der Waals surface area contributed by atoms with E-state index in [1.165, 1.54) is 23.1 Å². The second-order valence-corrected chi connectivity index (χ2v) is 8.11. The minimum absolute atomic E-state index is 0.167. The zero-order chi connectivity index (χ0) is 19.8. The summed E-state index contributed by atoms with van der Waals surface area (Å²) in [6.45, 7) is 0.399. The van der Waals surface area contributed by atoms with Gasteiger partial charge in [-0.2, -0.15) is 5.10 Å². The molecule has 0 spiro atoms. The van der Waals surface area contributed by atoms with Crippen molar-refractivity contribution < 1.29 is 9.53 Å². The lowest BCUT2D eigenvalue weighted by molar-refractivity contribution is -0.118. The van der Waals surface area contributed by atoms with Gasteiger partial charge in [0.15, 0.2) is 4.34 Å². The maximum atomic E-state index is 11.9. The summed E-state index contributed by atoms with van der Waals surface area (Å²) in [5, 5.41) is 12.6. The van der Waals surface area contributed by atoms with Crippen molar-refractivity contribution in [3.63, 3.8) is 0 Å². The molecule has 3 aromatic rings. The molecule has 1 amide bonds. The van der Waals surface area contributed by atoms with Crippen LogP contribution < -0.4 is 15.9 Å². The highest BCUT2D eigenvalue weighted by atomic mass is 35.5. The molecule has 144 valence electrons. The molecule has 0 aliphatic rings. The molecule has 0 aliphatic heterocycles. The van der Waals surface area contributed by atoms with Crippen LogP contribution in [0.15, 0.2) is 58.0 Å². The molecule has 0 radical (unpaired) electrons. The molecule has 3 N–H and O–H groups in total. The lowest BCUT2D eigenvalue weighted by Crippen LogP contribution is -2.19. The normalized spacial score (nSPS) is 10.9. The largest absolute Gasteiger partial charge is 0.488 e. The summed E-state index contributed by atoms with van der Waals surface area (Å²) < 4.78 is 6.49. The summed E-state index contributed by atoms with van der Waals surface area (Å²) in [6, 6.07) is 14.9. The molecule has 0 unspecified atom stereocenters. The summed E-state index contributed by atoms with van der Waals surface area (Å²) in [5.41, 5.74) is 9.73. The van der Waals surface area contributed by atoms with Gasteiger partial charge in [-0.1, -0.05) is 59.0 Å². The topological polar surface area (TPSA) is 102 Å². The number of halogens is 1. The van der Waals surface area contributed by atoms with E-state index in [4.69, 9.17) is 22.1 Å². The van der Waals surface area contributed by atoms with E-state index in [0.29, 0.717) is 26.9 Å². The van der Waals surface area contributed by atoms with E-state index in [2.05, 4.69) is 20.7 Å². The number of hydrogen-bond donors (Lipinski definition) is 2. The molecule has 2 aromatic carbocycles. The Morgan fingerprint density at radius 2 is 2.04 bits per heavy atom. The number of hydrazone groups is 1. The van der Waals surface area contributed by atoms with Crippen molar-refractivity contribution in [3.8, 4) is 5.75 Å². The molecule has 0 bridgehead atoms. The highest BCUT2D eigenvalue weighted by molar-refractivity contribution is 8.01. The van der Waals surface area contributed by atoms with E-state index >= 15 is 0 Å². The molecular weight excluding hydrogens is 418 g/mol. The highest BCUT2D eigenvalue weighted by Crippen LogP contribution is 2.23. The zero-order valence-electron chi connectivity index (χ0n) is 14.5. The smallest absolute Gasteiger partial charge is 0.250 e. The summed E-state index contributed by atoms with van der Waals surface area (Å²) in [4.78, 5) is 11.9. The number of nitrogens with zero attached hydrogens (tertiary/aromatic N) is 3. The van der Waals surface area contributed by atoms with Crippen LogP contribution in [0.4, 0.5) is 5.13 Å². The maximum absolute atomic E-state index is 11.9. The number of anilines is 1. The predicted molar refractivity (Wildman–Crippen MR) is 113 cm³/mol. The first-order valence-electron chi connectivity index (χ1n) is 8.10. The minimum Gasteiger partial charge on any atom is -0.488 e. The van der Waals surface area contributed by atoms with Crippen molar-refractivity contribution in [3.05, 3.63) is 64.7 Å². The fraction of sp³-hybridized carbons (Fsp3) is 0.111. The molecule has 0 saturated carbocycles.